The summed E-state index contributed by atoms with van der Waals surface area (Å²) in [7, 11) is 0. The highest BCUT2D eigenvalue weighted by Gasteiger charge is 2.13. The third-order valence-electron chi connectivity index (χ3n) is 3.78. The van der Waals surface area contributed by atoms with Crippen LogP contribution in [0.2, 0.25) is 0 Å². The Kier molecular flexibility index (Phi) is 3.36. The standard InChI is InChI=1S/C17H15N5O/c23-11-6-13-2-4-14(5-3-13)21-10-8-19-16(21)15-12-20-22-9-1-7-18-17(15)22/h1-5,7-10,12,23H,6,11H2. The van der Waals surface area contributed by atoms with Gasteiger partial charge in [0, 0.05) is 37.1 Å². The Hall–Kier alpha value is -2.99. The van der Waals surface area contributed by atoms with E-state index in [-0.39, 0.29) is 6.61 Å². The molecule has 1 aromatic carbocycles. The quantitative estimate of drug-likeness (QED) is 0.627. The number of aliphatic hydroxyl groups excluding tert-OH is 1. The van der Waals surface area contributed by atoms with Crippen LogP contribution in [0.1, 0.15) is 5.56 Å². The van der Waals surface area contributed by atoms with Crippen LogP contribution in [0.5, 0.6) is 0 Å². The number of hydrogen-bond donors (Lipinski definition) is 1. The van der Waals surface area contributed by atoms with Gasteiger partial charge < -0.3 is 5.11 Å². The largest absolute Gasteiger partial charge is 0.396 e. The first-order valence-corrected chi connectivity index (χ1v) is 7.39. The van der Waals surface area contributed by atoms with Crippen molar-refractivity contribution in [3.8, 4) is 17.1 Å². The van der Waals surface area contributed by atoms with E-state index in [1.54, 1.807) is 23.1 Å². The zero-order chi connectivity index (χ0) is 15.6. The highest BCUT2D eigenvalue weighted by Crippen LogP contribution is 2.24. The molecule has 0 bridgehead atoms. The van der Waals surface area contributed by atoms with Crippen LogP contribution >= 0.6 is 0 Å². The Morgan fingerprint density at radius 2 is 1.87 bits per heavy atom. The van der Waals surface area contributed by atoms with E-state index in [2.05, 4.69) is 15.1 Å². The van der Waals surface area contributed by atoms with Gasteiger partial charge in [-0.25, -0.2) is 14.5 Å². The van der Waals surface area contributed by atoms with Gasteiger partial charge in [0.2, 0.25) is 0 Å². The van der Waals surface area contributed by atoms with Crippen LogP contribution in [0, 0.1) is 0 Å². The molecular formula is C17H15N5O. The minimum atomic E-state index is 0.156. The van der Waals surface area contributed by atoms with Crippen molar-refractivity contribution < 1.29 is 5.11 Å². The van der Waals surface area contributed by atoms with Crippen LogP contribution in [0.25, 0.3) is 22.7 Å². The SMILES string of the molecule is OCCc1ccc(-n2ccnc2-c2cnn3cccnc23)cc1. The fourth-order valence-electron chi connectivity index (χ4n) is 2.65. The summed E-state index contributed by atoms with van der Waals surface area (Å²) in [5.41, 5.74) is 3.77. The number of aliphatic hydroxyl groups is 1. The number of aromatic nitrogens is 5. The number of fused-ring (bicyclic) bond motifs is 1. The van der Waals surface area contributed by atoms with Gasteiger partial charge in [0.05, 0.1) is 11.8 Å². The third-order valence-corrected chi connectivity index (χ3v) is 3.78. The first-order chi connectivity index (χ1) is 11.4. The number of hydrogen-bond acceptors (Lipinski definition) is 4. The monoisotopic (exact) mass is 305 g/mol. The number of rotatable bonds is 4. The highest BCUT2D eigenvalue weighted by atomic mass is 16.2. The average Bonchev–Trinajstić information content (AvgIpc) is 3.22. The number of benzene rings is 1. The Labute approximate surface area is 132 Å². The molecule has 23 heavy (non-hydrogen) atoms. The Bertz CT molecular complexity index is 939. The summed E-state index contributed by atoms with van der Waals surface area (Å²) in [5.74, 6) is 0.800. The molecule has 3 aromatic heterocycles. The molecule has 1 N–H and O–H groups in total. The maximum absolute atomic E-state index is 9.01. The molecule has 0 spiro atoms. The van der Waals surface area contributed by atoms with Gasteiger partial charge in [0.25, 0.3) is 0 Å². The van der Waals surface area contributed by atoms with Crippen LogP contribution < -0.4 is 0 Å². The summed E-state index contributed by atoms with van der Waals surface area (Å²) in [6.07, 6.45) is 9.74. The molecular weight excluding hydrogens is 290 g/mol. The molecule has 6 heteroatoms. The van der Waals surface area contributed by atoms with Crippen molar-refractivity contribution in [1.82, 2.24) is 24.1 Å². The summed E-state index contributed by atoms with van der Waals surface area (Å²) >= 11 is 0. The molecule has 0 amide bonds. The molecule has 0 atom stereocenters. The molecule has 6 nitrogen and oxygen atoms in total. The third kappa shape index (κ3) is 2.39. The summed E-state index contributed by atoms with van der Waals surface area (Å²) in [6.45, 7) is 0.156. The smallest absolute Gasteiger partial charge is 0.165 e. The lowest BCUT2D eigenvalue weighted by Crippen LogP contribution is -1.98. The van der Waals surface area contributed by atoms with Crippen molar-refractivity contribution in [3.05, 3.63) is 66.9 Å². The van der Waals surface area contributed by atoms with Crippen LogP contribution in [0.3, 0.4) is 0 Å². The van der Waals surface area contributed by atoms with Gasteiger partial charge in [-0.3, -0.25) is 4.57 Å². The Morgan fingerprint density at radius 1 is 1.00 bits per heavy atom. The maximum Gasteiger partial charge on any atom is 0.165 e. The maximum atomic E-state index is 9.01. The van der Waals surface area contributed by atoms with Gasteiger partial charge >= 0.3 is 0 Å². The minimum Gasteiger partial charge on any atom is -0.396 e. The van der Waals surface area contributed by atoms with E-state index in [0.29, 0.717) is 6.42 Å². The van der Waals surface area contributed by atoms with Crippen molar-refractivity contribution in [1.29, 1.82) is 0 Å². The summed E-state index contributed by atoms with van der Waals surface area (Å²) in [5, 5.41) is 13.3. The van der Waals surface area contributed by atoms with Gasteiger partial charge in [-0.1, -0.05) is 12.1 Å². The Morgan fingerprint density at radius 3 is 2.70 bits per heavy atom. The lowest BCUT2D eigenvalue weighted by molar-refractivity contribution is 0.299. The van der Waals surface area contributed by atoms with E-state index in [4.69, 9.17) is 5.11 Å². The molecule has 0 saturated heterocycles. The normalized spacial score (nSPS) is 11.2. The van der Waals surface area contributed by atoms with Gasteiger partial charge in [-0.2, -0.15) is 5.10 Å². The molecule has 0 radical (unpaired) electrons. The first kappa shape index (κ1) is 13.7. The molecule has 4 rings (SSSR count). The molecule has 4 aromatic rings. The second kappa shape index (κ2) is 5.66. The van der Waals surface area contributed by atoms with Gasteiger partial charge in [0.15, 0.2) is 5.65 Å². The zero-order valence-corrected chi connectivity index (χ0v) is 12.4. The van der Waals surface area contributed by atoms with Crippen LogP contribution in [0.15, 0.2) is 61.3 Å². The minimum absolute atomic E-state index is 0.156. The lowest BCUT2D eigenvalue weighted by atomic mass is 10.1. The molecule has 3 heterocycles. The fourth-order valence-corrected chi connectivity index (χ4v) is 2.65. The molecule has 0 fully saturated rings. The van der Waals surface area contributed by atoms with E-state index in [1.807, 2.05) is 47.3 Å². The summed E-state index contributed by atoms with van der Waals surface area (Å²) in [6, 6.07) is 9.92. The lowest BCUT2D eigenvalue weighted by Gasteiger charge is -2.08. The van der Waals surface area contributed by atoms with Gasteiger partial charge in [0.1, 0.15) is 5.82 Å². The van der Waals surface area contributed by atoms with E-state index in [0.717, 1.165) is 28.3 Å². The molecule has 0 unspecified atom stereocenters. The van der Waals surface area contributed by atoms with Crippen molar-refractivity contribution >= 4 is 5.65 Å². The molecule has 0 aliphatic carbocycles. The van der Waals surface area contributed by atoms with Crippen molar-refractivity contribution in [2.24, 2.45) is 0 Å². The number of nitrogens with zero attached hydrogens (tertiary/aromatic N) is 5. The first-order valence-electron chi connectivity index (χ1n) is 7.39. The van der Waals surface area contributed by atoms with E-state index >= 15 is 0 Å². The van der Waals surface area contributed by atoms with E-state index in [1.165, 1.54) is 0 Å². The van der Waals surface area contributed by atoms with E-state index in [9.17, 15) is 0 Å². The van der Waals surface area contributed by atoms with Crippen LogP contribution in [-0.2, 0) is 6.42 Å². The average molecular weight is 305 g/mol. The molecule has 0 aliphatic heterocycles. The second-order valence-corrected chi connectivity index (χ2v) is 5.21. The topological polar surface area (TPSA) is 68.2 Å². The predicted octanol–water partition coefficient (Wildman–Crippen LogP) is 2.12. The molecule has 0 saturated carbocycles. The Balaban J connectivity index is 1.79. The zero-order valence-electron chi connectivity index (χ0n) is 12.4. The van der Waals surface area contributed by atoms with Crippen LogP contribution in [0.4, 0.5) is 0 Å². The van der Waals surface area contributed by atoms with Crippen LogP contribution in [-0.4, -0.2) is 35.9 Å². The highest BCUT2D eigenvalue weighted by molar-refractivity contribution is 5.73. The fraction of sp³-hybridized carbons (Fsp3) is 0.118. The second-order valence-electron chi connectivity index (χ2n) is 5.21. The summed E-state index contributed by atoms with van der Waals surface area (Å²) < 4.78 is 3.74. The van der Waals surface area contributed by atoms with Crippen molar-refractivity contribution in [2.45, 2.75) is 6.42 Å². The molecule has 114 valence electrons. The molecule has 0 aliphatic rings. The predicted molar refractivity (Wildman–Crippen MR) is 86.3 cm³/mol. The van der Waals surface area contributed by atoms with Gasteiger partial charge in [-0.15, -0.1) is 0 Å². The van der Waals surface area contributed by atoms with E-state index < -0.39 is 0 Å². The van der Waals surface area contributed by atoms with Crippen molar-refractivity contribution in [3.63, 3.8) is 0 Å². The van der Waals surface area contributed by atoms with Gasteiger partial charge in [-0.05, 0) is 30.2 Å². The number of imidazole rings is 1. The summed E-state index contributed by atoms with van der Waals surface area (Å²) in [4.78, 5) is 8.86. The van der Waals surface area contributed by atoms with Crippen molar-refractivity contribution in [2.75, 3.05) is 6.61 Å².